The van der Waals surface area contributed by atoms with Gasteiger partial charge in [0.2, 0.25) is 0 Å². The van der Waals surface area contributed by atoms with Crippen LogP contribution in [0, 0.1) is 18.3 Å². The molecule has 0 unspecified atom stereocenters. The summed E-state index contributed by atoms with van der Waals surface area (Å²) in [6.07, 6.45) is 3.28. The standard InChI is InChI=1S/C23H21N3O3/c1-3-29-22(27)15-26-14-18(20-6-4-5-7-21(20)26)12-17(13-24)23(28)25-19-10-8-16(2)9-11-19/h4-12,14H,3,15H2,1-2H3,(H,25,28)/b17-12+. The second-order valence-electron chi connectivity index (χ2n) is 6.52. The van der Waals surface area contributed by atoms with Gasteiger partial charge in [-0.1, -0.05) is 35.9 Å². The third kappa shape index (κ3) is 4.71. The van der Waals surface area contributed by atoms with E-state index in [1.807, 2.05) is 49.4 Å². The van der Waals surface area contributed by atoms with Crippen molar-refractivity contribution in [2.45, 2.75) is 20.4 Å². The number of para-hydroxylation sites is 1. The quantitative estimate of drug-likeness (QED) is 0.393. The molecule has 0 fully saturated rings. The number of hydrogen-bond acceptors (Lipinski definition) is 4. The minimum absolute atomic E-state index is 0.0235. The molecule has 0 saturated heterocycles. The van der Waals surface area contributed by atoms with Crippen LogP contribution in [0.2, 0.25) is 0 Å². The summed E-state index contributed by atoms with van der Waals surface area (Å²) >= 11 is 0. The van der Waals surface area contributed by atoms with E-state index in [0.29, 0.717) is 17.9 Å². The van der Waals surface area contributed by atoms with Crippen LogP contribution >= 0.6 is 0 Å². The first-order valence-electron chi connectivity index (χ1n) is 9.25. The normalized spacial score (nSPS) is 11.1. The van der Waals surface area contributed by atoms with Gasteiger partial charge >= 0.3 is 5.97 Å². The van der Waals surface area contributed by atoms with Gasteiger partial charge in [0.25, 0.3) is 5.91 Å². The number of benzene rings is 2. The molecule has 0 bridgehead atoms. The molecule has 0 atom stereocenters. The molecule has 0 aliphatic rings. The molecule has 0 radical (unpaired) electrons. The lowest BCUT2D eigenvalue weighted by molar-refractivity contribution is -0.143. The average molecular weight is 387 g/mol. The molecular weight excluding hydrogens is 366 g/mol. The highest BCUT2D eigenvalue weighted by Gasteiger charge is 2.14. The summed E-state index contributed by atoms with van der Waals surface area (Å²) < 4.78 is 6.78. The number of rotatable bonds is 6. The molecule has 146 valence electrons. The number of hydrogen-bond donors (Lipinski definition) is 1. The highest BCUT2D eigenvalue weighted by Crippen LogP contribution is 2.24. The second-order valence-corrected chi connectivity index (χ2v) is 6.52. The lowest BCUT2D eigenvalue weighted by Gasteiger charge is -2.04. The summed E-state index contributed by atoms with van der Waals surface area (Å²) in [5.74, 6) is -0.833. The number of anilines is 1. The third-order valence-electron chi connectivity index (χ3n) is 4.40. The van der Waals surface area contributed by atoms with Gasteiger partial charge in [0.05, 0.1) is 6.61 Å². The lowest BCUT2D eigenvalue weighted by Crippen LogP contribution is -2.13. The summed E-state index contributed by atoms with van der Waals surface area (Å²) in [4.78, 5) is 24.5. The van der Waals surface area contributed by atoms with Crippen molar-refractivity contribution in [3.05, 3.63) is 71.4 Å². The Bertz CT molecular complexity index is 1120. The van der Waals surface area contributed by atoms with E-state index < -0.39 is 5.91 Å². The highest BCUT2D eigenvalue weighted by molar-refractivity contribution is 6.10. The molecule has 0 spiro atoms. The maximum atomic E-state index is 12.6. The van der Waals surface area contributed by atoms with Crippen molar-refractivity contribution in [2.24, 2.45) is 0 Å². The van der Waals surface area contributed by atoms with E-state index in [1.165, 1.54) is 6.08 Å². The van der Waals surface area contributed by atoms with E-state index in [1.54, 1.807) is 29.8 Å². The van der Waals surface area contributed by atoms with Crippen molar-refractivity contribution in [3.63, 3.8) is 0 Å². The monoisotopic (exact) mass is 387 g/mol. The summed E-state index contributed by atoms with van der Waals surface area (Å²) in [7, 11) is 0. The van der Waals surface area contributed by atoms with Crippen LogP contribution in [0.15, 0.2) is 60.3 Å². The summed E-state index contributed by atoms with van der Waals surface area (Å²) in [5.41, 5.74) is 3.17. The number of aromatic nitrogens is 1. The number of carbonyl (C=O) groups is 2. The minimum Gasteiger partial charge on any atom is -0.465 e. The van der Waals surface area contributed by atoms with Crippen molar-refractivity contribution in [1.29, 1.82) is 5.26 Å². The van der Waals surface area contributed by atoms with Gasteiger partial charge in [-0.3, -0.25) is 9.59 Å². The molecule has 2 aromatic carbocycles. The van der Waals surface area contributed by atoms with Crippen LogP contribution in [0.3, 0.4) is 0 Å². The molecule has 6 heteroatoms. The van der Waals surface area contributed by atoms with Crippen LogP contribution in [0.5, 0.6) is 0 Å². The van der Waals surface area contributed by atoms with Crippen molar-refractivity contribution >= 4 is 34.5 Å². The molecule has 6 nitrogen and oxygen atoms in total. The fourth-order valence-electron chi connectivity index (χ4n) is 3.01. The van der Waals surface area contributed by atoms with E-state index in [-0.39, 0.29) is 18.1 Å². The minimum atomic E-state index is -0.487. The maximum Gasteiger partial charge on any atom is 0.325 e. The van der Waals surface area contributed by atoms with Crippen molar-refractivity contribution in [1.82, 2.24) is 4.57 Å². The fourth-order valence-corrected chi connectivity index (χ4v) is 3.01. The molecule has 0 saturated carbocycles. The Morgan fingerprint density at radius 1 is 1.17 bits per heavy atom. The van der Waals surface area contributed by atoms with Gasteiger partial charge in [0.1, 0.15) is 18.2 Å². The molecule has 1 heterocycles. The fraction of sp³-hybridized carbons (Fsp3) is 0.174. The van der Waals surface area contributed by atoms with E-state index in [9.17, 15) is 14.9 Å². The molecule has 1 N–H and O–H groups in total. The molecule has 1 aromatic heterocycles. The number of carbonyl (C=O) groups excluding carboxylic acids is 2. The van der Waals surface area contributed by atoms with Crippen molar-refractivity contribution < 1.29 is 14.3 Å². The number of fused-ring (bicyclic) bond motifs is 1. The molecular formula is C23H21N3O3. The van der Waals surface area contributed by atoms with Crippen LogP contribution < -0.4 is 5.32 Å². The first-order valence-corrected chi connectivity index (χ1v) is 9.25. The predicted molar refractivity (Wildman–Crippen MR) is 112 cm³/mol. The van der Waals surface area contributed by atoms with E-state index in [0.717, 1.165) is 16.5 Å². The number of nitrogens with zero attached hydrogens (tertiary/aromatic N) is 2. The van der Waals surface area contributed by atoms with Gasteiger partial charge < -0.3 is 14.6 Å². The van der Waals surface area contributed by atoms with Crippen molar-refractivity contribution in [3.8, 4) is 6.07 Å². The predicted octanol–water partition coefficient (Wildman–Crippen LogP) is 4.06. The lowest BCUT2D eigenvalue weighted by atomic mass is 10.1. The zero-order valence-corrected chi connectivity index (χ0v) is 16.3. The van der Waals surface area contributed by atoms with E-state index in [4.69, 9.17) is 4.74 Å². The second kappa shape index (κ2) is 8.89. The maximum absolute atomic E-state index is 12.6. The molecule has 3 aromatic rings. The Hall–Kier alpha value is -3.85. The Labute approximate surface area is 169 Å². The molecule has 29 heavy (non-hydrogen) atoms. The average Bonchev–Trinajstić information content (AvgIpc) is 3.05. The zero-order chi connectivity index (χ0) is 20.8. The van der Waals surface area contributed by atoms with Crippen molar-refractivity contribution in [2.75, 3.05) is 11.9 Å². The number of ether oxygens (including phenoxy) is 1. The summed E-state index contributed by atoms with van der Waals surface area (Å²) in [5, 5.41) is 13.1. The number of esters is 1. The molecule has 3 rings (SSSR count). The molecule has 1 amide bonds. The molecule has 0 aliphatic carbocycles. The van der Waals surface area contributed by atoms with Crippen LogP contribution in [0.4, 0.5) is 5.69 Å². The largest absolute Gasteiger partial charge is 0.465 e. The number of amides is 1. The van der Waals surface area contributed by atoms with Gasteiger partial charge in [0, 0.05) is 28.4 Å². The van der Waals surface area contributed by atoms with E-state index in [2.05, 4.69) is 5.32 Å². The van der Waals surface area contributed by atoms with Crippen LogP contribution in [-0.2, 0) is 20.9 Å². The number of nitrogens with one attached hydrogen (secondary N) is 1. The first-order chi connectivity index (χ1) is 14.0. The summed E-state index contributed by atoms with van der Waals surface area (Å²) in [6.45, 7) is 4.08. The Balaban J connectivity index is 1.92. The summed E-state index contributed by atoms with van der Waals surface area (Å²) in [6, 6.07) is 16.8. The Morgan fingerprint density at radius 3 is 2.59 bits per heavy atom. The van der Waals surface area contributed by atoms with Crippen LogP contribution in [0.1, 0.15) is 18.1 Å². The highest BCUT2D eigenvalue weighted by atomic mass is 16.5. The molecule has 0 aliphatic heterocycles. The van der Waals surface area contributed by atoms with Gasteiger partial charge in [-0.05, 0) is 38.1 Å². The number of aryl methyl sites for hydroxylation is 1. The Morgan fingerprint density at radius 2 is 1.90 bits per heavy atom. The van der Waals surface area contributed by atoms with Gasteiger partial charge in [-0.25, -0.2) is 0 Å². The van der Waals surface area contributed by atoms with E-state index >= 15 is 0 Å². The number of nitriles is 1. The zero-order valence-electron chi connectivity index (χ0n) is 16.3. The smallest absolute Gasteiger partial charge is 0.325 e. The van der Waals surface area contributed by atoms with Crippen LogP contribution in [0.25, 0.3) is 17.0 Å². The van der Waals surface area contributed by atoms with Gasteiger partial charge in [-0.15, -0.1) is 0 Å². The SMILES string of the molecule is CCOC(=O)Cn1cc(/C=C(\C#N)C(=O)Nc2ccc(C)cc2)c2ccccc21. The van der Waals surface area contributed by atoms with Gasteiger partial charge in [-0.2, -0.15) is 5.26 Å². The Kier molecular flexibility index (Phi) is 6.10. The topological polar surface area (TPSA) is 84.1 Å². The van der Waals surface area contributed by atoms with Crippen LogP contribution in [-0.4, -0.2) is 23.1 Å². The third-order valence-corrected chi connectivity index (χ3v) is 4.40. The first kappa shape index (κ1) is 19.9. The van der Waals surface area contributed by atoms with Gasteiger partial charge in [0.15, 0.2) is 0 Å².